The van der Waals surface area contributed by atoms with Crippen LogP contribution in [-0.4, -0.2) is 10.9 Å². The van der Waals surface area contributed by atoms with Gasteiger partial charge in [0.1, 0.15) is 5.76 Å². The second kappa shape index (κ2) is 3.88. The Morgan fingerprint density at radius 1 is 1.17 bits per heavy atom. The summed E-state index contributed by atoms with van der Waals surface area (Å²) in [4.78, 5) is 10.8. The van der Waals surface area contributed by atoms with Crippen LogP contribution in [-0.2, 0) is 7.05 Å². The Balaban J connectivity index is 2.14. The number of benzene rings is 1. The molecule has 3 heteroatoms. The number of furan rings is 1. The quantitative estimate of drug-likeness (QED) is 0.641. The van der Waals surface area contributed by atoms with Crippen LogP contribution in [0.1, 0.15) is 16.1 Å². The van der Waals surface area contributed by atoms with Crippen LogP contribution in [0.15, 0.2) is 40.8 Å². The first-order chi connectivity index (χ1) is 8.69. The third kappa shape index (κ3) is 1.56. The number of rotatable bonds is 2. The molecule has 0 amide bonds. The van der Waals surface area contributed by atoms with Crippen molar-refractivity contribution >= 4 is 17.4 Å². The van der Waals surface area contributed by atoms with E-state index in [-0.39, 0.29) is 0 Å². The number of hydrogen-bond donors (Lipinski definition) is 0. The van der Waals surface area contributed by atoms with Crippen molar-refractivity contribution in [3.8, 4) is 11.3 Å². The van der Waals surface area contributed by atoms with E-state index in [0.717, 1.165) is 28.7 Å². The van der Waals surface area contributed by atoms with Gasteiger partial charge in [-0.2, -0.15) is 0 Å². The van der Waals surface area contributed by atoms with Crippen LogP contribution in [0.4, 0.5) is 0 Å². The maximum absolute atomic E-state index is 10.8. The third-order valence-electron chi connectivity index (χ3n) is 3.22. The summed E-state index contributed by atoms with van der Waals surface area (Å²) < 4.78 is 7.61. The lowest BCUT2D eigenvalue weighted by Gasteiger charge is -1.97. The summed E-state index contributed by atoms with van der Waals surface area (Å²) in [6, 6.07) is 11.9. The fraction of sp³-hybridized carbons (Fsp3) is 0.133. The van der Waals surface area contributed by atoms with Crippen molar-refractivity contribution in [3.63, 3.8) is 0 Å². The molecule has 0 saturated heterocycles. The molecule has 18 heavy (non-hydrogen) atoms. The minimum Gasteiger partial charge on any atom is -0.454 e. The van der Waals surface area contributed by atoms with Crippen molar-refractivity contribution in [3.05, 3.63) is 47.7 Å². The molecule has 2 aromatic heterocycles. The first-order valence-corrected chi connectivity index (χ1v) is 5.80. The maximum Gasteiger partial charge on any atom is 0.166 e. The molecule has 0 radical (unpaired) electrons. The van der Waals surface area contributed by atoms with Gasteiger partial charge >= 0.3 is 0 Å². The second-order valence-electron chi connectivity index (χ2n) is 4.47. The van der Waals surface area contributed by atoms with E-state index in [0.29, 0.717) is 5.69 Å². The molecule has 90 valence electrons. The van der Waals surface area contributed by atoms with Crippen molar-refractivity contribution in [1.29, 1.82) is 0 Å². The molecule has 0 fully saturated rings. The van der Waals surface area contributed by atoms with Crippen LogP contribution < -0.4 is 0 Å². The number of aldehydes is 1. The van der Waals surface area contributed by atoms with Crippen LogP contribution in [0.25, 0.3) is 22.4 Å². The zero-order valence-corrected chi connectivity index (χ0v) is 10.3. The predicted molar refractivity (Wildman–Crippen MR) is 70.7 cm³/mol. The highest BCUT2D eigenvalue weighted by atomic mass is 16.3. The van der Waals surface area contributed by atoms with E-state index in [4.69, 9.17) is 4.42 Å². The summed E-state index contributed by atoms with van der Waals surface area (Å²) in [6.07, 6.45) is 0.834. The summed E-state index contributed by atoms with van der Waals surface area (Å²) in [5.41, 5.74) is 4.57. The molecule has 0 spiro atoms. The molecule has 1 aromatic carbocycles. The molecule has 2 heterocycles. The second-order valence-corrected chi connectivity index (χ2v) is 4.47. The fourth-order valence-corrected chi connectivity index (χ4v) is 2.10. The van der Waals surface area contributed by atoms with Gasteiger partial charge in [0.05, 0.1) is 11.2 Å². The maximum atomic E-state index is 10.8. The molecule has 0 atom stereocenters. The molecule has 3 rings (SSSR count). The van der Waals surface area contributed by atoms with Crippen molar-refractivity contribution in [2.75, 3.05) is 0 Å². The molecule has 0 aliphatic carbocycles. The van der Waals surface area contributed by atoms with Crippen LogP contribution in [0.2, 0.25) is 0 Å². The highest BCUT2D eigenvalue weighted by Gasteiger charge is 2.11. The molecule has 3 nitrogen and oxygen atoms in total. The minimum atomic E-state index is 0.624. The first-order valence-electron chi connectivity index (χ1n) is 5.80. The van der Waals surface area contributed by atoms with Gasteiger partial charge in [-0.25, -0.2) is 0 Å². The van der Waals surface area contributed by atoms with Gasteiger partial charge in [-0.05, 0) is 6.92 Å². The van der Waals surface area contributed by atoms with Crippen LogP contribution >= 0.6 is 0 Å². The molecule has 0 bridgehead atoms. The number of hydrogen-bond acceptors (Lipinski definition) is 2. The van der Waals surface area contributed by atoms with Gasteiger partial charge in [0.25, 0.3) is 0 Å². The topological polar surface area (TPSA) is 35.1 Å². The predicted octanol–water partition coefficient (Wildman–Crippen LogP) is 3.56. The van der Waals surface area contributed by atoms with E-state index in [1.165, 1.54) is 5.56 Å². The largest absolute Gasteiger partial charge is 0.454 e. The SMILES string of the molecule is Cc1ccc(-c2cc3c(cc(C=O)n3C)o2)cc1. The molecular weight excluding hydrogens is 226 g/mol. The van der Waals surface area contributed by atoms with E-state index >= 15 is 0 Å². The third-order valence-corrected chi connectivity index (χ3v) is 3.22. The minimum absolute atomic E-state index is 0.624. The van der Waals surface area contributed by atoms with Gasteiger partial charge in [0.15, 0.2) is 11.9 Å². The van der Waals surface area contributed by atoms with Gasteiger partial charge < -0.3 is 8.98 Å². The zero-order chi connectivity index (χ0) is 12.7. The van der Waals surface area contributed by atoms with E-state index in [9.17, 15) is 4.79 Å². The Kier molecular flexibility index (Phi) is 2.33. The number of fused-ring (bicyclic) bond motifs is 1. The van der Waals surface area contributed by atoms with Crippen molar-refractivity contribution in [2.24, 2.45) is 7.05 Å². The normalized spacial score (nSPS) is 11.0. The Bertz CT molecular complexity index is 717. The molecule has 0 N–H and O–H groups in total. The Morgan fingerprint density at radius 3 is 2.50 bits per heavy atom. The fourth-order valence-electron chi connectivity index (χ4n) is 2.10. The number of carbonyl (C=O) groups is 1. The first kappa shape index (κ1) is 10.8. The summed E-state index contributed by atoms with van der Waals surface area (Å²) >= 11 is 0. The van der Waals surface area contributed by atoms with E-state index in [2.05, 4.69) is 19.1 Å². The Labute approximate surface area is 105 Å². The van der Waals surface area contributed by atoms with Crippen LogP contribution in [0.3, 0.4) is 0 Å². The van der Waals surface area contributed by atoms with E-state index in [1.54, 1.807) is 6.07 Å². The van der Waals surface area contributed by atoms with Crippen LogP contribution in [0.5, 0.6) is 0 Å². The average molecular weight is 239 g/mol. The molecule has 0 aliphatic rings. The molecule has 3 aromatic rings. The lowest BCUT2D eigenvalue weighted by Crippen LogP contribution is -1.92. The lowest BCUT2D eigenvalue weighted by molar-refractivity contribution is 0.111. The van der Waals surface area contributed by atoms with Gasteiger partial charge in [0, 0.05) is 24.7 Å². The van der Waals surface area contributed by atoms with Gasteiger partial charge in [-0.1, -0.05) is 29.8 Å². The van der Waals surface area contributed by atoms with E-state index < -0.39 is 0 Å². The van der Waals surface area contributed by atoms with Crippen molar-refractivity contribution in [1.82, 2.24) is 4.57 Å². The summed E-state index contributed by atoms with van der Waals surface area (Å²) in [5.74, 6) is 0.827. The molecule has 0 unspecified atom stereocenters. The van der Waals surface area contributed by atoms with Gasteiger partial charge in [-0.3, -0.25) is 4.79 Å². The smallest absolute Gasteiger partial charge is 0.166 e. The van der Waals surface area contributed by atoms with Crippen LogP contribution in [0, 0.1) is 6.92 Å². The lowest BCUT2D eigenvalue weighted by atomic mass is 10.1. The summed E-state index contributed by atoms with van der Waals surface area (Å²) in [5, 5.41) is 0. The standard InChI is InChI=1S/C15H13NO2/c1-10-3-5-11(6-4-10)14-8-13-15(18-14)7-12(9-17)16(13)2/h3-9H,1-2H3. The summed E-state index contributed by atoms with van der Waals surface area (Å²) in [7, 11) is 1.86. The Hall–Kier alpha value is -2.29. The number of carbonyl (C=O) groups excluding carboxylic acids is 1. The molecule has 0 saturated carbocycles. The highest BCUT2D eigenvalue weighted by Crippen LogP contribution is 2.29. The van der Waals surface area contributed by atoms with Gasteiger partial charge in [-0.15, -0.1) is 0 Å². The molecular formula is C15H13NO2. The Morgan fingerprint density at radius 2 is 1.89 bits per heavy atom. The monoisotopic (exact) mass is 239 g/mol. The van der Waals surface area contributed by atoms with Gasteiger partial charge in [0.2, 0.25) is 0 Å². The highest BCUT2D eigenvalue weighted by molar-refractivity contribution is 5.88. The van der Waals surface area contributed by atoms with E-state index in [1.807, 2.05) is 29.8 Å². The number of aromatic nitrogens is 1. The zero-order valence-electron chi connectivity index (χ0n) is 10.3. The van der Waals surface area contributed by atoms with Crippen molar-refractivity contribution in [2.45, 2.75) is 6.92 Å². The summed E-state index contributed by atoms with van der Waals surface area (Å²) in [6.45, 7) is 2.05. The number of aryl methyl sites for hydroxylation is 2. The number of nitrogens with zero attached hydrogens (tertiary/aromatic N) is 1. The van der Waals surface area contributed by atoms with Crippen molar-refractivity contribution < 1.29 is 9.21 Å². The average Bonchev–Trinajstić information content (AvgIpc) is 2.90. The molecule has 0 aliphatic heterocycles.